The number of benzene rings is 1. The molecule has 24 heavy (non-hydrogen) atoms. The lowest BCUT2D eigenvalue weighted by Crippen LogP contribution is -2.49. The number of rotatable bonds is 6. The van der Waals surface area contributed by atoms with Crippen LogP contribution in [0.2, 0.25) is 5.02 Å². The Bertz CT molecular complexity index is 596. The molecule has 1 N–H and O–H groups in total. The first-order valence-corrected chi connectivity index (χ1v) is 8.44. The Morgan fingerprint density at radius 2 is 1.96 bits per heavy atom. The summed E-state index contributed by atoms with van der Waals surface area (Å²) in [5, 5.41) is 3.47. The van der Waals surface area contributed by atoms with Gasteiger partial charge in [-0.15, -0.1) is 0 Å². The van der Waals surface area contributed by atoms with Crippen LogP contribution in [0.15, 0.2) is 18.2 Å². The van der Waals surface area contributed by atoms with Crippen LogP contribution < -0.4 is 10.1 Å². The molecule has 5 nitrogen and oxygen atoms in total. The summed E-state index contributed by atoms with van der Waals surface area (Å²) in [5.74, 6) is 0.193. The van der Waals surface area contributed by atoms with Gasteiger partial charge < -0.3 is 15.0 Å². The first-order valence-electron chi connectivity index (χ1n) is 8.06. The van der Waals surface area contributed by atoms with E-state index in [0.29, 0.717) is 17.3 Å². The molecule has 1 rings (SSSR count). The van der Waals surface area contributed by atoms with E-state index in [1.807, 2.05) is 34.6 Å². The maximum Gasteiger partial charge on any atom is 0.263 e. The Morgan fingerprint density at radius 1 is 1.33 bits per heavy atom. The van der Waals surface area contributed by atoms with Gasteiger partial charge in [0.25, 0.3) is 5.91 Å². The number of carbonyl (C=O) groups is 2. The molecule has 0 spiro atoms. The monoisotopic (exact) mass is 354 g/mol. The quantitative estimate of drug-likeness (QED) is 0.853. The summed E-state index contributed by atoms with van der Waals surface area (Å²) < 4.78 is 5.75. The Hall–Kier alpha value is -1.75. The molecule has 1 atom stereocenters. The van der Waals surface area contributed by atoms with Gasteiger partial charge in [-0.3, -0.25) is 9.59 Å². The largest absolute Gasteiger partial charge is 0.481 e. The third-order valence-electron chi connectivity index (χ3n) is 3.33. The number of nitrogens with one attached hydrogen (secondary N) is 1. The normalized spacial score (nSPS) is 12.5. The molecule has 0 aliphatic heterocycles. The van der Waals surface area contributed by atoms with Gasteiger partial charge in [-0.1, -0.05) is 11.6 Å². The van der Waals surface area contributed by atoms with E-state index >= 15 is 0 Å². The van der Waals surface area contributed by atoms with Crippen molar-refractivity contribution in [2.75, 3.05) is 13.1 Å². The molecule has 2 amide bonds. The molecular formula is C18H27ClN2O3. The molecule has 134 valence electrons. The topological polar surface area (TPSA) is 58.6 Å². The molecule has 0 heterocycles. The summed E-state index contributed by atoms with van der Waals surface area (Å²) in [7, 11) is 0. The molecule has 0 aliphatic rings. The van der Waals surface area contributed by atoms with Gasteiger partial charge in [0, 0.05) is 17.1 Å². The highest BCUT2D eigenvalue weighted by Gasteiger charge is 2.24. The van der Waals surface area contributed by atoms with E-state index in [0.717, 1.165) is 5.56 Å². The van der Waals surface area contributed by atoms with Crippen molar-refractivity contribution in [3.8, 4) is 5.75 Å². The molecule has 1 aromatic rings. The lowest BCUT2D eigenvalue weighted by Gasteiger charge is -2.27. The van der Waals surface area contributed by atoms with Crippen molar-refractivity contribution in [1.82, 2.24) is 10.2 Å². The van der Waals surface area contributed by atoms with Gasteiger partial charge in [0.1, 0.15) is 5.75 Å². The van der Waals surface area contributed by atoms with E-state index in [1.54, 1.807) is 25.1 Å². The fraction of sp³-hybridized carbons (Fsp3) is 0.556. The van der Waals surface area contributed by atoms with Crippen molar-refractivity contribution in [2.45, 2.75) is 53.2 Å². The molecule has 0 aliphatic carbocycles. The van der Waals surface area contributed by atoms with Crippen molar-refractivity contribution in [2.24, 2.45) is 0 Å². The molecule has 0 fully saturated rings. The molecule has 0 aromatic heterocycles. The molecule has 0 saturated heterocycles. The first-order chi connectivity index (χ1) is 11.0. The molecule has 0 saturated carbocycles. The molecule has 0 bridgehead atoms. The van der Waals surface area contributed by atoms with Crippen LogP contribution in [0.1, 0.15) is 40.2 Å². The minimum atomic E-state index is -0.688. The minimum absolute atomic E-state index is 0.0138. The molecule has 1 aromatic carbocycles. The van der Waals surface area contributed by atoms with Crippen LogP contribution in [0.5, 0.6) is 5.75 Å². The van der Waals surface area contributed by atoms with Crippen molar-refractivity contribution >= 4 is 23.4 Å². The fourth-order valence-electron chi connectivity index (χ4n) is 2.22. The third-order valence-corrected chi connectivity index (χ3v) is 3.57. The molecule has 1 unspecified atom stereocenters. The third kappa shape index (κ3) is 6.40. The number of carbonyl (C=O) groups excluding carboxylic acids is 2. The first kappa shape index (κ1) is 20.3. The number of hydrogen-bond donors (Lipinski definition) is 1. The Morgan fingerprint density at radius 3 is 2.46 bits per heavy atom. The van der Waals surface area contributed by atoms with E-state index in [1.165, 1.54) is 4.90 Å². The summed E-state index contributed by atoms with van der Waals surface area (Å²) in [6.07, 6.45) is -0.688. The van der Waals surface area contributed by atoms with Gasteiger partial charge >= 0.3 is 0 Å². The second kappa shape index (κ2) is 8.38. The van der Waals surface area contributed by atoms with Crippen LogP contribution in [0, 0.1) is 6.92 Å². The van der Waals surface area contributed by atoms with Crippen LogP contribution in [-0.4, -0.2) is 41.4 Å². The van der Waals surface area contributed by atoms with Gasteiger partial charge in [-0.05, 0) is 65.3 Å². The average molecular weight is 355 g/mol. The summed E-state index contributed by atoms with van der Waals surface area (Å²) >= 11 is 5.92. The van der Waals surface area contributed by atoms with Crippen molar-refractivity contribution < 1.29 is 14.3 Å². The minimum Gasteiger partial charge on any atom is -0.481 e. The second-order valence-corrected chi connectivity index (χ2v) is 7.26. The van der Waals surface area contributed by atoms with E-state index in [-0.39, 0.29) is 23.9 Å². The fourth-order valence-corrected chi connectivity index (χ4v) is 2.45. The summed E-state index contributed by atoms with van der Waals surface area (Å²) in [6.45, 7) is 11.5. The van der Waals surface area contributed by atoms with Crippen LogP contribution in [0.25, 0.3) is 0 Å². The average Bonchev–Trinajstić information content (AvgIpc) is 2.45. The maximum absolute atomic E-state index is 12.6. The Labute approximate surface area is 149 Å². The van der Waals surface area contributed by atoms with E-state index in [4.69, 9.17) is 16.3 Å². The van der Waals surface area contributed by atoms with Crippen molar-refractivity contribution in [3.63, 3.8) is 0 Å². The summed E-state index contributed by atoms with van der Waals surface area (Å²) in [5.41, 5.74) is 0.526. The lowest BCUT2D eigenvalue weighted by molar-refractivity contribution is -0.141. The van der Waals surface area contributed by atoms with Crippen LogP contribution in [0.4, 0.5) is 0 Å². The van der Waals surface area contributed by atoms with E-state index in [9.17, 15) is 9.59 Å². The van der Waals surface area contributed by atoms with Crippen LogP contribution in [0.3, 0.4) is 0 Å². The number of likely N-dealkylation sites (N-methyl/N-ethyl adjacent to an activating group) is 1. The Kier molecular flexibility index (Phi) is 7.08. The van der Waals surface area contributed by atoms with Gasteiger partial charge in [-0.2, -0.15) is 0 Å². The molecular weight excluding hydrogens is 328 g/mol. The summed E-state index contributed by atoms with van der Waals surface area (Å²) in [6, 6.07) is 5.24. The second-order valence-electron chi connectivity index (χ2n) is 6.82. The summed E-state index contributed by atoms with van der Waals surface area (Å²) in [4.78, 5) is 26.1. The highest BCUT2D eigenvalue weighted by atomic mass is 35.5. The van der Waals surface area contributed by atoms with Crippen LogP contribution in [-0.2, 0) is 9.59 Å². The van der Waals surface area contributed by atoms with Crippen molar-refractivity contribution in [3.05, 3.63) is 28.8 Å². The maximum atomic E-state index is 12.6. The zero-order chi connectivity index (χ0) is 18.5. The van der Waals surface area contributed by atoms with Gasteiger partial charge in [0.05, 0.1) is 6.54 Å². The SMILES string of the molecule is CCN(CC(=O)NC(C)(C)C)C(=O)C(C)Oc1ccc(Cl)cc1C. The predicted molar refractivity (Wildman–Crippen MR) is 96.4 cm³/mol. The van der Waals surface area contributed by atoms with E-state index < -0.39 is 6.10 Å². The van der Waals surface area contributed by atoms with Gasteiger partial charge in [-0.25, -0.2) is 0 Å². The Balaban J connectivity index is 2.72. The van der Waals surface area contributed by atoms with Crippen molar-refractivity contribution in [1.29, 1.82) is 0 Å². The number of amides is 2. The zero-order valence-electron chi connectivity index (χ0n) is 15.3. The van der Waals surface area contributed by atoms with Gasteiger partial charge in [0.15, 0.2) is 6.10 Å². The number of ether oxygens (including phenoxy) is 1. The number of halogens is 1. The lowest BCUT2D eigenvalue weighted by atomic mass is 10.1. The van der Waals surface area contributed by atoms with E-state index in [2.05, 4.69) is 5.32 Å². The highest BCUT2D eigenvalue weighted by molar-refractivity contribution is 6.30. The predicted octanol–water partition coefficient (Wildman–Crippen LogP) is 3.18. The molecule has 0 radical (unpaired) electrons. The van der Waals surface area contributed by atoms with Gasteiger partial charge in [0.2, 0.25) is 5.91 Å². The molecule has 6 heteroatoms. The smallest absolute Gasteiger partial charge is 0.263 e. The zero-order valence-corrected chi connectivity index (χ0v) is 16.0. The number of aryl methyl sites for hydroxylation is 1. The standard InChI is InChI=1S/C18H27ClN2O3/c1-7-21(11-16(22)20-18(4,5)6)17(23)13(3)24-15-9-8-14(19)10-12(15)2/h8-10,13H,7,11H2,1-6H3,(H,20,22). The number of hydrogen-bond acceptors (Lipinski definition) is 3. The van der Waals surface area contributed by atoms with Crippen LogP contribution >= 0.6 is 11.6 Å². The highest BCUT2D eigenvalue weighted by Crippen LogP contribution is 2.23. The number of nitrogens with zero attached hydrogens (tertiary/aromatic N) is 1.